The van der Waals surface area contributed by atoms with Gasteiger partial charge in [-0.2, -0.15) is 11.3 Å². The van der Waals surface area contributed by atoms with Crippen molar-refractivity contribution in [3.63, 3.8) is 0 Å². The number of aryl methyl sites for hydroxylation is 1. The maximum atomic E-state index is 6.16. The van der Waals surface area contributed by atoms with Gasteiger partial charge in [0.2, 0.25) is 0 Å². The van der Waals surface area contributed by atoms with Gasteiger partial charge in [0, 0.05) is 5.02 Å². The Hall–Kier alpha value is -0.830. The highest BCUT2D eigenvalue weighted by Gasteiger charge is 2.12. The molecule has 0 aliphatic rings. The third-order valence-electron chi connectivity index (χ3n) is 2.39. The van der Waals surface area contributed by atoms with E-state index in [4.69, 9.17) is 17.3 Å². The first kappa shape index (κ1) is 10.7. The standard InChI is InChI=1S/C12H12ClNS/c1-8-2-3-10(11(13)6-8)12(14)9-4-5-15-7-9/h2-7,12H,14H2,1H3. The molecule has 3 heteroatoms. The van der Waals surface area contributed by atoms with E-state index < -0.39 is 0 Å². The first-order valence-electron chi connectivity index (χ1n) is 4.72. The van der Waals surface area contributed by atoms with Crippen LogP contribution in [0.2, 0.25) is 5.02 Å². The van der Waals surface area contributed by atoms with E-state index in [-0.39, 0.29) is 6.04 Å². The van der Waals surface area contributed by atoms with E-state index in [1.807, 2.05) is 36.6 Å². The van der Waals surface area contributed by atoms with Crippen LogP contribution < -0.4 is 5.73 Å². The Balaban J connectivity index is 2.38. The molecule has 0 bridgehead atoms. The smallest absolute Gasteiger partial charge is 0.0574 e. The summed E-state index contributed by atoms with van der Waals surface area (Å²) < 4.78 is 0. The minimum absolute atomic E-state index is 0.121. The van der Waals surface area contributed by atoms with E-state index in [2.05, 4.69) is 5.38 Å². The lowest BCUT2D eigenvalue weighted by molar-refractivity contribution is 0.876. The Morgan fingerprint density at radius 1 is 1.33 bits per heavy atom. The van der Waals surface area contributed by atoms with Crippen molar-refractivity contribution < 1.29 is 0 Å². The Morgan fingerprint density at radius 2 is 2.13 bits per heavy atom. The molecule has 0 amide bonds. The van der Waals surface area contributed by atoms with E-state index in [9.17, 15) is 0 Å². The van der Waals surface area contributed by atoms with Crippen LogP contribution in [0.4, 0.5) is 0 Å². The van der Waals surface area contributed by atoms with Crippen LogP contribution in [0, 0.1) is 6.92 Å². The van der Waals surface area contributed by atoms with Crippen LogP contribution in [-0.4, -0.2) is 0 Å². The Bertz CT molecular complexity index is 451. The van der Waals surface area contributed by atoms with Crippen molar-refractivity contribution in [1.29, 1.82) is 0 Å². The summed E-state index contributed by atoms with van der Waals surface area (Å²) >= 11 is 7.81. The average molecular weight is 238 g/mol. The summed E-state index contributed by atoms with van der Waals surface area (Å²) in [5.74, 6) is 0. The van der Waals surface area contributed by atoms with Crippen molar-refractivity contribution in [3.05, 3.63) is 56.7 Å². The van der Waals surface area contributed by atoms with Gasteiger partial charge in [0.15, 0.2) is 0 Å². The number of benzene rings is 1. The second-order valence-electron chi connectivity index (χ2n) is 3.56. The number of hydrogen-bond acceptors (Lipinski definition) is 2. The lowest BCUT2D eigenvalue weighted by atomic mass is 10.0. The molecule has 1 heterocycles. The molecule has 2 rings (SSSR count). The van der Waals surface area contributed by atoms with Crippen molar-refractivity contribution in [2.45, 2.75) is 13.0 Å². The fourth-order valence-electron chi connectivity index (χ4n) is 1.52. The quantitative estimate of drug-likeness (QED) is 0.846. The third-order valence-corrected chi connectivity index (χ3v) is 3.42. The van der Waals surface area contributed by atoms with Crippen molar-refractivity contribution in [2.75, 3.05) is 0 Å². The van der Waals surface area contributed by atoms with E-state index >= 15 is 0 Å². The second kappa shape index (κ2) is 4.35. The van der Waals surface area contributed by atoms with Crippen LogP contribution in [0.15, 0.2) is 35.0 Å². The Labute approximate surface area is 98.5 Å². The van der Waals surface area contributed by atoms with Gasteiger partial charge < -0.3 is 5.73 Å². The molecule has 1 atom stereocenters. The van der Waals surface area contributed by atoms with Gasteiger partial charge in [-0.05, 0) is 46.5 Å². The molecule has 78 valence electrons. The molecule has 2 N–H and O–H groups in total. The van der Waals surface area contributed by atoms with Crippen LogP contribution >= 0.6 is 22.9 Å². The first-order valence-corrected chi connectivity index (χ1v) is 6.04. The van der Waals surface area contributed by atoms with E-state index in [1.54, 1.807) is 11.3 Å². The predicted molar refractivity (Wildman–Crippen MR) is 66.5 cm³/mol. The van der Waals surface area contributed by atoms with E-state index in [0.717, 1.165) is 21.7 Å². The van der Waals surface area contributed by atoms with Crippen molar-refractivity contribution in [2.24, 2.45) is 5.73 Å². The Morgan fingerprint density at radius 3 is 2.73 bits per heavy atom. The predicted octanol–water partition coefficient (Wildman–Crippen LogP) is 3.76. The minimum Gasteiger partial charge on any atom is -0.320 e. The van der Waals surface area contributed by atoms with Gasteiger partial charge in [0.25, 0.3) is 0 Å². The molecule has 0 aliphatic carbocycles. The number of hydrogen-bond donors (Lipinski definition) is 1. The van der Waals surface area contributed by atoms with Gasteiger partial charge in [-0.3, -0.25) is 0 Å². The molecule has 15 heavy (non-hydrogen) atoms. The van der Waals surface area contributed by atoms with Gasteiger partial charge in [0.1, 0.15) is 0 Å². The molecule has 1 aromatic carbocycles. The molecular formula is C12H12ClNS. The number of thiophene rings is 1. The zero-order valence-electron chi connectivity index (χ0n) is 8.41. The van der Waals surface area contributed by atoms with Crippen LogP contribution in [0.1, 0.15) is 22.7 Å². The summed E-state index contributed by atoms with van der Waals surface area (Å²) in [6.07, 6.45) is 0. The highest BCUT2D eigenvalue weighted by atomic mass is 35.5. The van der Waals surface area contributed by atoms with Crippen molar-refractivity contribution in [1.82, 2.24) is 0 Å². The molecule has 0 radical (unpaired) electrons. The van der Waals surface area contributed by atoms with E-state index in [1.165, 1.54) is 0 Å². The van der Waals surface area contributed by atoms with Gasteiger partial charge in [-0.25, -0.2) is 0 Å². The lowest BCUT2D eigenvalue weighted by Gasteiger charge is -2.12. The summed E-state index contributed by atoms with van der Waals surface area (Å²) in [6, 6.07) is 7.89. The number of rotatable bonds is 2. The summed E-state index contributed by atoms with van der Waals surface area (Å²) in [5, 5.41) is 4.83. The van der Waals surface area contributed by atoms with Gasteiger partial charge >= 0.3 is 0 Å². The maximum Gasteiger partial charge on any atom is 0.0574 e. The molecule has 1 unspecified atom stereocenters. The topological polar surface area (TPSA) is 26.0 Å². The van der Waals surface area contributed by atoms with Gasteiger partial charge in [-0.1, -0.05) is 23.7 Å². The highest BCUT2D eigenvalue weighted by Crippen LogP contribution is 2.28. The SMILES string of the molecule is Cc1ccc(C(N)c2ccsc2)c(Cl)c1. The molecule has 0 saturated carbocycles. The zero-order valence-corrected chi connectivity index (χ0v) is 9.98. The molecule has 0 aliphatic heterocycles. The molecule has 1 aromatic heterocycles. The number of nitrogens with two attached hydrogens (primary N) is 1. The summed E-state index contributed by atoms with van der Waals surface area (Å²) in [6.45, 7) is 2.02. The lowest BCUT2D eigenvalue weighted by Crippen LogP contribution is -2.11. The summed E-state index contributed by atoms with van der Waals surface area (Å²) in [5.41, 5.74) is 9.39. The van der Waals surface area contributed by atoms with Crippen LogP contribution in [0.5, 0.6) is 0 Å². The van der Waals surface area contributed by atoms with Crippen LogP contribution in [0.25, 0.3) is 0 Å². The van der Waals surface area contributed by atoms with Crippen LogP contribution in [-0.2, 0) is 0 Å². The first-order chi connectivity index (χ1) is 7.18. The van der Waals surface area contributed by atoms with Gasteiger partial charge in [0.05, 0.1) is 6.04 Å². The fraction of sp³-hybridized carbons (Fsp3) is 0.167. The molecule has 0 spiro atoms. The maximum absolute atomic E-state index is 6.16. The normalized spacial score (nSPS) is 12.7. The van der Waals surface area contributed by atoms with Crippen molar-refractivity contribution >= 4 is 22.9 Å². The minimum atomic E-state index is -0.121. The second-order valence-corrected chi connectivity index (χ2v) is 4.75. The third kappa shape index (κ3) is 2.23. The van der Waals surface area contributed by atoms with Crippen molar-refractivity contribution in [3.8, 4) is 0 Å². The summed E-state index contributed by atoms with van der Waals surface area (Å²) in [7, 11) is 0. The fourth-order valence-corrected chi connectivity index (χ4v) is 2.57. The molecule has 2 aromatic rings. The molecular weight excluding hydrogens is 226 g/mol. The molecule has 1 nitrogen and oxygen atoms in total. The Kier molecular flexibility index (Phi) is 3.10. The monoisotopic (exact) mass is 237 g/mol. The van der Waals surface area contributed by atoms with E-state index in [0.29, 0.717) is 0 Å². The largest absolute Gasteiger partial charge is 0.320 e. The number of halogens is 1. The average Bonchev–Trinajstić information content (AvgIpc) is 2.69. The van der Waals surface area contributed by atoms with Gasteiger partial charge in [-0.15, -0.1) is 0 Å². The highest BCUT2D eigenvalue weighted by molar-refractivity contribution is 7.08. The van der Waals surface area contributed by atoms with Crippen LogP contribution in [0.3, 0.4) is 0 Å². The molecule has 0 saturated heterocycles. The zero-order chi connectivity index (χ0) is 10.8. The molecule has 0 fully saturated rings. The summed E-state index contributed by atoms with van der Waals surface area (Å²) in [4.78, 5) is 0.